The van der Waals surface area contributed by atoms with Gasteiger partial charge in [0.1, 0.15) is 18.1 Å². The smallest absolute Gasteiger partial charge is 0.276 e. The fourth-order valence-electron chi connectivity index (χ4n) is 2.30. The fraction of sp³-hybridized carbons (Fsp3) is 0.250. The summed E-state index contributed by atoms with van der Waals surface area (Å²) in [5, 5.41) is 2.41. The summed E-state index contributed by atoms with van der Waals surface area (Å²) in [6, 6.07) is 12.2. The number of carbonyl (C=O) groups excluding carboxylic acids is 2. The first-order valence-electron chi connectivity index (χ1n) is 8.90. The number of hydrazine groups is 1. The van der Waals surface area contributed by atoms with E-state index in [1.807, 2.05) is 19.1 Å². The number of hydrogen-bond acceptors (Lipinski definition) is 6. The Morgan fingerprint density at radius 1 is 1.03 bits per heavy atom. The molecule has 0 fully saturated rings. The van der Waals surface area contributed by atoms with E-state index >= 15 is 0 Å². The van der Waals surface area contributed by atoms with E-state index in [1.54, 1.807) is 37.4 Å². The quantitative estimate of drug-likeness (QED) is 0.294. The standard InChI is InChI=1S/C20H22BrN3O5S/c1-13-11-14(21)7-8-16(13)29-12-18(25)23-24-20(30)22-19(26)15-5-3-4-6-17(15)28-10-9-27-2/h3-8,11H,9-10,12H2,1-2H3,(H,23,25)(H2,22,24,26,30). The van der Waals surface area contributed by atoms with E-state index in [0.29, 0.717) is 30.3 Å². The minimum Gasteiger partial charge on any atom is -0.490 e. The summed E-state index contributed by atoms with van der Waals surface area (Å²) in [4.78, 5) is 24.4. The average Bonchev–Trinajstić information content (AvgIpc) is 2.72. The summed E-state index contributed by atoms with van der Waals surface area (Å²) in [5.74, 6) is 0.0557. The molecule has 160 valence electrons. The third-order valence-corrected chi connectivity index (χ3v) is 4.41. The van der Waals surface area contributed by atoms with Crippen LogP contribution in [0.3, 0.4) is 0 Å². The lowest BCUT2D eigenvalue weighted by molar-refractivity contribution is -0.123. The van der Waals surface area contributed by atoms with Gasteiger partial charge < -0.3 is 14.2 Å². The van der Waals surface area contributed by atoms with Gasteiger partial charge in [0.2, 0.25) is 0 Å². The van der Waals surface area contributed by atoms with E-state index in [4.69, 9.17) is 26.4 Å². The lowest BCUT2D eigenvalue weighted by Crippen LogP contribution is -2.49. The molecule has 0 unspecified atom stereocenters. The maximum atomic E-state index is 12.4. The van der Waals surface area contributed by atoms with Crippen molar-refractivity contribution in [2.75, 3.05) is 26.9 Å². The van der Waals surface area contributed by atoms with Crippen molar-refractivity contribution in [1.82, 2.24) is 16.2 Å². The summed E-state index contributed by atoms with van der Waals surface area (Å²) in [5.41, 5.74) is 6.03. The molecule has 0 spiro atoms. The molecule has 0 aliphatic carbocycles. The van der Waals surface area contributed by atoms with Crippen molar-refractivity contribution in [2.24, 2.45) is 0 Å². The number of benzene rings is 2. The molecule has 10 heteroatoms. The molecule has 2 amide bonds. The van der Waals surface area contributed by atoms with Gasteiger partial charge in [-0.15, -0.1) is 0 Å². The highest BCUT2D eigenvalue weighted by Crippen LogP contribution is 2.22. The highest BCUT2D eigenvalue weighted by atomic mass is 79.9. The molecule has 0 atom stereocenters. The molecule has 3 N–H and O–H groups in total. The number of thiocarbonyl (C=S) groups is 1. The molecule has 0 bridgehead atoms. The summed E-state index contributed by atoms with van der Waals surface area (Å²) >= 11 is 8.41. The summed E-state index contributed by atoms with van der Waals surface area (Å²) in [6.07, 6.45) is 0. The Balaban J connectivity index is 1.80. The summed E-state index contributed by atoms with van der Waals surface area (Å²) in [6.45, 7) is 2.35. The van der Waals surface area contributed by atoms with Crippen LogP contribution in [-0.2, 0) is 9.53 Å². The minimum atomic E-state index is -0.475. The van der Waals surface area contributed by atoms with Gasteiger partial charge >= 0.3 is 0 Å². The van der Waals surface area contributed by atoms with Crippen LogP contribution in [0.5, 0.6) is 11.5 Å². The van der Waals surface area contributed by atoms with Gasteiger partial charge in [-0.05, 0) is 55.0 Å². The van der Waals surface area contributed by atoms with Crippen LogP contribution in [-0.4, -0.2) is 43.9 Å². The average molecular weight is 496 g/mol. The molecule has 2 aromatic carbocycles. The number of aryl methyl sites for hydroxylation is 1. The molecular formula is C20H22BrN3O5S. The Labute approximate surface area is 188 Å². The molecule has 30 heavy (non-hydrogen) atoms. The van der Waals surface area contributed by atoms with Crippen molar-refractivity contribution in [3.05, 3.63) is 58.1 Å². The molecule has 2 aromatic rings. The zero-order valence-corrected chi connectivity index (χ0v) is 18.9. The van der Waals surface area contributed by atoms with Crippen molar-refractivity contribution in [3.63, 3.8) is 0 Å². The minimum absolute atomic E-state index is 0.0696. The van der Waals surface area contributed by atoms with E-state index in [-0.39, 0.29) is 11.7 Å². The first kappa shape index (κ1) is 23.6. The summed E-state index contributed by atoms with van der Waals surface area (Å²) < 4.78 is 16.9. The van der Waals surface area contributed by atoms with E-state index in [0.717, 1.165) is 10.0 Å². The number of ether oxygens (including phenoxy) is 3. The first-order chi connectivity index (χ1) is 14.4. The zero-order chi connectivity index (χ0) is 21.9. The SMILES string of the molecule is COCCOc1ccccc1C(=O)NC(=S)NNC(=O)COc1ccc(Br)cc1C. The Kier molecular flexibility index (Phi) is 9.52. The number of amides is 2. The van der Waals surface area contributed by atoms with Crippen LogP contribution in [0.15, 0.2) is 46.9 Å². The van der Waals surface area contributed by atoms with Crippen molar-refractivity contribution in [1.29, 1.82) is 0 Å². The topological polar surface area (TPSA) is 97.9 Å². The normalized spacial score (nSPS) is 10.1. The first-order valence-corrected chi connectivity index (χ1v) is 10.1. The molecule has 0 saturated carbocycles. The predicted octanol–water partition coefficient (Wildman–Crippen LogP) is 2.50. The molecule has 0 heterocycles. The Morgan fingerprint density at radius 3 is 2.53 bits per heavy atom. The monoisotopic (exact) mass is 495 g/mol. The second kappa shape index (κ2) is 12.1. The lowest BCUT2D eigenvalue weighted by atomic mass is 10.2. The molecule has 0 aliphatic heterocycles. The molecule has 0 aliphatic rings. The molecule has 0 radical (unpaired) electrons. The van der Waals surface area contributed by atoms with Crippen molar-refractivity contribution in [3.8, 4) is 11.5 Å². The van der Waals surface area contributed by atoms with Gasteiger partial charge in [-0.2, -0.15) is 0 Å². The third-order valence-electron chi connectivity index (χ3n) is 3.71. The molecule has 0 saturated heterocycles. The Morgan fingerprint density at radius 2 is 1.80 bits per heavy atom. The number of para-hydroxylation sites is 1. The highest BCUT2D eigenvalue weighted by molar-refractivity contribution is 9.10. The van der Waals surface area contributed by atoms with Crippen LogP contribution in [0.2, 0.25) is 0 Å². The number of nitrogens with one attached hydrogen (secondary N) is 3. The van der Waals surface area contributed by atoms with Gasteiger partial charge in [0.05, 0.1) is 12.2 Å². The molecule has 2 rings (SSSR count). The van der Waals surface area contributed by atoms with Gasteiger partial charge in [0.15, 0.2) is 11.7 Å². The van der Waals surface area contributed by atoms with E-state index in [9.17, 15) is 9.59 Å². The van der Waals surface area contributed by atoms with Crippen molar-refractivity contribution < 1.29 is 23.8 Å². The van der Waals surface area contributed by atoms with Gasteiger partial charge in [0, 0.05) is 11.6 Å². The summed E-state index contributed by atoms with van der Waals surface area (Å²) in [7, 11) is 1.56. The van der Waals surface area contributed by atoms with Crippen LogP contribution in [0.1, 0.15) is 15.9 Å². The number of halogens is 1. The third kappa shape index (κ3) is 7.62. The second-order valence-corrected chi connectivity index (χ2v) is 7.32. The fourth-order valence-corrected chi connectivity index (χ4v) is 2.92. The van der Waals surface area contributed by atoms with Crippen LogP contribution >= 0.6 is 28.1 Å². The molecule has 8 nitrogen and oxygen atoms in total. The van der Waals surface area contributed by atoms with Gasteiger partial charge in [-0.3, -0.25) is 25.8 Å². The maximum Gasteiger partial charge on any atom is 0.276 e. The number of rotatable bonds is 8. The largest absolute Gasteiger partial charge is 0.490 e. The zero-order valence-electron chi connectivity index (χ0n) is 16.5. The maximum absolute atomic E-state index is 12.4. The highest BCUT2D eigenvalue weighted by Gasteiger charge is 2.14. The second-order valence-electron chi connectivity index (χ2n) is 5.99. The van der Waals surface area contributed by atoms with Crippen LogP contribution < -0.4 is 25.6 Å². The molecular weight excluding hydrogens is 474 g/mol. The lowest BCUT2D eigenvalue weighted by Gasteiger charge is -2.14. The van der Waals surface area contributed by atoms with Crippen molar-refractivity contribution >= 4 is 45.1 Å². The van der Waals surface area contributed by atoms with Crippen LogP contribution in [0.4, 0.5) is 0 Å². The van der Waals surface area contributed by atoms with Gasteiger partial charge in [-0.25, -0.2) is 0 Å². The molecule has 0 aromatic heterocycles. The van der Waals surface area contributed by atoms with E-state index < -0.39 is 11.8 Å². The Bertz CT molecular complexity index is 910. The van der Waals surface area contributed by atoms with E-state index in [2.05, 4.69) is 32.1 Å². The van der Waals surface area contributed by atoms with E-state index in [1.165, 1.54) is 0 Å². The van der Waals surface area contributed by atoms with Gasteiger partial charge in [0.25, 0.3) is 11.8 Å². The van der Waals surface area contributed by atoms with Crippen LogP contribution in [0.25, 0.3) is 0 Å². The number of hydrogen-bond donors (Lipinski definition) is 3. The predicted molar refractivity (Wildman–Crippen MR) is 120 cm³/mol. The number of carbonyl (C=O) groups is 2. The number of methoxy groups -OCH3 is 1. The Hall–Kier alpha value is -2.69. The van der Waals surface area contributed by atoms with Crippen LogP contribution in [0, 0.1) is 6.92 Å². The van der Waals surface area contributed by atoms with Gasteiger partial charge in [-0.1, -0.05) is 28.1 Å². The van der Waals surface area contributed by atoms with Crippen molar-refractivity contribution in [2.45, 2.75) is 6.92 Å².